The molecule has 2 N–H and O–H groups in total. The van der Waals surface area contributed by atoms with Crippen LogP contribution in [0.4, 0.5) is 10.3 Å². The first-order valence-electron chi connectivity index (χ1n) is 5.38. The summed E-state index contributed by atoms with van der Waals surface area (Å²) in [5, 5.41) is 4.19. The zero-order valence-corrected chi connectivity index (χ0v) is 9.68. The number of rotatable bonds is 3. The van der Waals surface area contributed by atoms with Crippen molar-refractivity contribution >= 4 is 5.95 Å². The number of aryl methyl sites for hydroxylation is 2. The molecule has 0 amide bonds. The number of halogens is 1. The minimum absolute atomic E-state index is 0.0111. The summed E-state index contributed by atoms with van der Waals surface area (Å²) in [6.07, 6.45) is 2.35. The molecule has 0 aliphatic heterocycles. The molecule has 90 valence electrons. The number of nitrogens with two attached hydrogens (primary N) is 1. The van der Waals surface area contributed by atoms with Crippen LogP contribution in [0.1, 0.15) is 25.5 Å². The molecule has 2 aromatic rings. The molecule has 0 aliphatic carbocycles. The molecule has 2 heterocycles. The van der Waals surface area contributed by atoms with Crippen LogP contribution in [0.3, 0.4) is 0 Å². The minimum atomic E-state index is -0.568. The largest absolute Gasteiger partial charge is 0.368 e. The van der Waals surface area contributed by atoms with Gasteiger partial charge < -0.3 is 5.73 Å². The molecule has 2 rings (SSSR count). The van der Waals surface area contributed by atoms with Crippen molar-refractivity contribution < 1.29 is 4.39 Å². The number of nitrogens with zero attached hydrogens (tertiary/aromatic N) is 5. The highest BCUT2D eigenvalue weighted by Gasteiger charge is 2.14. The van der Waals surface area contributed by atoms with Crippen molar-refractivity contribution in [2.24, 2.45) is 0 Å². The van der Waals surface area contributed by atoms with Crippen molar-refractivity contribution in [1.29, 1.82) is 0 Å². The lowest BCUT2D eigenvalue weighted by molar-refractivity contribution is 0.588. The third-order valence-corrected chi connectivity index (χ3v) is 2.30. The number of hydrogen-bond acceptors (Lipinski definition) is 5. The molecule has 2 aromatic heterocycles. The molecule has 0 saturated carbocycles. The number of nitrogen functional groups attached to an aromatic ring is 1. The van der Waals surface area contributed by atoms with Gasteiger partial charge in [0, 0.05) is 12.8 Å². The van der Waals surface area contributed by atoms with Gasteiger partial charge in [-0.15, -0.1) is 5.10 Å². The number of hydrogen-bond donors (Lipinski definition) is 1. The first-order chi connectivity index (χ1) is 8.15. The molecule has 0 bridgehead atoms. The fourth-order valence-electron chi connectivity index (χ4n) is 1.46. The molecule has 0 radical (unpaired) electrons. The van der Waals surface area contributed by atoms with Crippen molar-refractivity contribution in [2.75, 3.05) is 5.73 Å². The van der Waals surface area contributed by atoms with Gasteiger partial charge in [0.1, 0.15) is 5.82 Å². The van der Waals surface area contributed by atoms with E-state index in [-0.39, 0.29) is 11.8 Å². The van der Waals surface area contributed by atoms with E-state index in [0.717, 1.165) is 6.20 Å². The van der Waals surface area contributed by atoms with Crippen LogP contribution in [-0.4, -0.2) is 24.7 Å². The molecule has 7 heteroatoms. The normalized spacial score (nSPS) is 10.8. The smallest absolute Gasteiger partial charge is 0.222 e. The van der Waals surface area contributed by atoms with Crippen LogP contribution in [-0.2, 0) is 12.8 Å². The summed E-state index contributed by atoms with van der Waals surface area (Å²) in [5.74, 6) is 0.789. The van der Waals surface area contributed by atoms with Gasteiger partial charge in [0.05, 0.1) is 6.20 Å². The maximum absolute atomic E-state index is 13.6. The predicted molar refractivity (Wildman–Crippen MR) is 60.1 cm³/mol. The highest BCUT2D eigenvalue weighted by Crippen LogP contribution is 2.13. The van der Waals surface area contributed by atoms with Crippen molar-refractivity contribution in [1.82, 2.24) is 24.7 Å². The van der Waals surface area contributed by atoms with E-state index >= 15 is 0 Å². The van der Waals surface area contributed by atoms with Crippen molar-refractivity contribution in [3.8, 4) is 5.82 Å². The second-order valence-electron chi connectivity index (χ2n) is 3.46. The zero-order valence-electron chi connectivity index (χ0n) is 9.68. The molecule has 17 heavy (non-hydrogen) atoms. The summed E-state index contributed by atoms with van der Waals surface area (Å²) in [7, 11) is 0. The van der Waals surface area contributed by atoms with E-state index in [1.807, 2.05) is 13.8 Å². The van der Waals surface area contributed by atoms with E-state index in [1.165, 1.54) is 4.68 Å². The second kappa shape index (κ2) is 4.44. The van der Waals surface area contributed by atoms with Crippen LogP contribution < -0.4 is 5.73 Å². The van der Waals surface area contributed by atoms with Gasteiger partial charge in [-0.05, 0) is 0 Å². The van der Waals surface area contributed by atoms with Crippen LogP contribution >= 0.6 is 0 Å². The maximum Gasteiger partial charge on any atom is 0.222 e. The molecule has 0 aromatic carbocycles. The van der Waals surface area contributed by atoms with Crippen LogP contribution in [0, 0.1) is 5.82 Å². The van der Waals surface area contributed by atoms with Gasteiger partial charge in [0.2, 0.25) is 5.95 Å². The molecule has 6 nitrogen and oxygen atoms in total. The van der Waals surface area contributed by atoms with E-state index in [2.05, 4.69) is 20.1 Å². The van der Waals surface area contributed by atoms with Crippen LogP contribution in [0.2, 0.25) is 0 Å². The Bertz CT molecular complexity index is 536. The lowest BCUT2D eigenvalue weighted by Gasteiger charge is -2.04. The monoisotopic (exact) mass is 236 g/mol. The average Bonchev–Trinajstić information content (AvgIpc) is 2.75. The van der Waals surface area contributed by atoms with Gasteiger partial charge in [-0.1, -0.05) is 13.8 Å². The Labute approximate surface area is 97.7 Å². The van der Waals surface area contributed by atoms with Gasteiger partial charge in [-0.25, -0.2) is 14.4 Å². The van der Waals surface area contributed by atoms with Gasteiger partial charge >= 0.3 is 0 Å². The van der Waals surface area contributed by atoms with Crippen LogP contribution in [0.25, 0.3) is 5.82 Å². The Hall–Kier alpha value is -2.05. The van der Waals surface area contributed by atoms with Crippen LogP contribution in [0.5, 0.6) is 0 Å². The SMILES string of the molecule is CCc1nc(CC)n(-c2nc(N)ncc2F)n1. The summed E-state index contributed by atoms with van der Waals surface area (Å²) in [6.45, 7) is 3.85. The molecular weight excluding hydrogens is 223 g/mol. The minimum Gasteiger partial charge on any atom is -0.368 e. The molecule has 0 aliphatic rings. The van der Waals surface area contributed by atoms with Crippen molar-refractivity contribution in [2.45, 2.75) is 26.7 Å². The van der Waals surface area contributed by atoms with Gasteiger partial charge in [-0.2, -0.15) is 9.67 Å². The Morgan fingerprint density at radius 1 is 1.29 bits per heavy atom. The molecule has 0 saturated heterocycles. The summed E-state index contributed by atoms with van der Waals surface area (Å²) in [4.78, 5) is 11.7. The van der Waals surface area contributed by atoms with Gasteiger partial charge in [0.25, 0.3) is 0 Å². The van der Waals surface area contributed by atoms with Gasteiger partial charge in [0.15, 0.2) is 17.5 Å². The summed E-state index contributed by atoms with van der Waals surface area (Å²) < 4.78 is 15.0. The summed E-state index contributed by atoms with van der Waals surface area (Å²) in [5.41, 5.74) is 5.45. The first-order valence-corrected chi connectivity index (χ1v) is 5.38. The number of anilines is 1. The van der Waals surface area contributed by atoms with Gasteiger partial charge in [-0.3, -0.25) is 0 Å². The highest BCUT2D eigenvalue weighted by atomic mass is 19.1. The van der Waals surface area contributed by atoms with E-state index in [1.54, 1.807) is 0 Å². The van der Waals surface area contributed by atoms with E-state index < -0.39 is 5.82 Å². The molecule has 0 unspecified atom stereocenters. The zero-order chi connectivity index (χ0) is 12.4. The lowest BCUT2D eigenvalue weighted by Crippen LogP contribution is -2.09. The van der Waals surface area contributed by atoms with Crippen molar-refractivity contribution in [3.63, 3.8) is 0 Å². The maximum atomic E-state index is 13.6. The Morgan fingerprint density at radius 3 is 2.71 bits per heavy atom. The third-order valence-electron chi connectivity index (χ3n) is 2.30. The summed E-state index contributed by atoms with van der Waals surface area (Å²) >= 11 is 0. The van der Waals surface area contributed by atoms with E-state index in [0.29, 0.717) is 24.5 Å². The average molecular weight is 236 g/mol. The Balaban J connectivity index is 2.58. The van der Waals surface area contributed by atoms with Crippen molar-refractivity contribution in [3.05, 3.63) is 23.7 Å². The van der Waals surface area contributed by atoms with E-state index in [4.69, 9.17) is 5.73 Å². The molecule has 0 spiro atoms. The lowest BCUT2D eigenvalue weighted by atomic mass is 10.4. The predicted octanol–water partition coefficient (Wildman–Crippen LogP) is 0.903. The molecule has 0 fully saturated rings. The van der Waals surface area contributed by atoms with E-state index in [9.17, 15) is 4.39 Å². The highest BCUT2D eigenvalue weighted by molar-refractivity contribution is 5.29. The topological polar surface area (TPSA) is 82.5 Å². The Morgan fingerprint density at radius 2 is 2.06 bits per heavy atom. The fraction of sp³-hybridized carbons (Fsp3) is 0.400. The quantitative estimate of drug-likeness (QED) is 0.856. The fourth-order valence-corrected chi connectivity index (χ4v) is 1.46. The summed E-state index contributed by atoms with van der Waals surface area (Å²) in [6, 6.07) is 0. The molecular formula is C10H13FN6. The first kappa shape index (κ1) is 11.4. The Kier molecular flexibility index (Phi) is 2.99. The molecule has 0 atom stereocenters. The standard InChI is InChI=1S/C10H13FN6/c1-3-7-14-8(4-2)17(16-7)9-6(11)5-13-10(12)15-9/h5H,3-4H2,1-2H3,(H2,12,13,15). The second-order valence-corrected chi connectivity index (χ2v) is 3.46. The number of aromatic nitrogens is 5. The third kappa shape index (κ3) is 2.08. The van der Waals surface area contributed by atoms with Crippen LogP contribution in [0.15, 0.2) is 6.20 Å².